The summed E-state index contributed by atoms with van der Waals surface area (Å²) < 4.78 is 0. The highest BCUT2D eigenvalue weighted by atomic mass is 16.1. The predicted molar refractivity (Wildman–Crippen MR) is 100 cm³/mol. The Hall–Kier alpha value is -2.63. The lowest BCUT2D eigenvalue weighted by Gasteiger charge is -2.32. The maximum atomic E-state index is 12.4. The molecule has 6 nitrogen and oxygen atoms in total. The number of piperidine rings is 1. The number of rotatable bonds is 5. The molecular weight excluding hydrogens is 314 g/mol. The van der Waals surface area contributed by atoms with Crippen molar-refractivity contribution >= 4 is 17.4 Å². The summed E-state index contributed by atoms with van der Waals surface area (Å²) in [6.45, 7) is 2.63. The zero-order valence-electron chi connectivity index (χ0n) is 14.9. The molecule has 0 saturated carbocycles. The minimum Gasteiger partial charge on any atom is -0.378 e. The van der Waals surface area contributed by atoms with Crippen molar-refractivity contribution in [3.05, 3.63) is 48.4 Å². The fraction of sp³-hybridized carbons (Fsp3) is 0.421. The molecule has 0 atom stereocenters. The Morgan fingerprint density at radius 3 is 2.76 bits per heavy atom. The van der Waals surface area contributed by atoms with Gasteiger partial charge in [0.1, 0.15) is 5.82 Å². The van der Waals surface area contributed by atoms with Gasteiger partial charge in [-0.3, -0.25) is 9.78 Å². The van der Waals surface area contributed by atoms with Crippen LogP contribution in [0.25, 0.3) is 0 Å². The monoisotopic (exact) mass is 339 g/mol. The number of nitrogens with one attached hydrogen (secondary N) is 1. The molecule has 1 fully saturated rings. The number of hydrogen-bond donors (Lipinski definition) is 1. The number of anilines is 2. The number of benzene rings is 1. The number of carbonyl (C=O) groups is 1. The van der Waals surface area contributed by atoms with E-state index in [1.54, 1.807) is 18.6 Å². The summed E-state index contributed by atoms with van der Waals surface area (Å²) in [5.41, 5.74) is 1.74. The van der Waals surface area contributed by atoms with Crippen LogP contribution in [0, 0.1) is 5.92 Å². The molecule has 132 valence electrons. The highest BCUT2D eigenvalue weighted by Crippen LogP contribution is 2.20. The molecule has 1 amide bonds. The molecule has 3 rings (SSSR count). The van der Waals surface area contributed by atoms with Gasteiger partial charge in [-0.15, -0.1) is 0 Å². The summed E-state index contributed by atoms with van der Waals surface area (Å²) in [5.74, 6) is 1.44. The SMILES string of the molecule is CN(C)c1cccc(C(=O)NCC2CCN(c3cnccn3)CC2)c1. The van der Waals surface area contributed by atoms with Gasteiger partial charge in [-0.1, -0.05) is 6.07 Å². The van der Waals surface area contributed by atoms with E-state index in [9.17, 15) is 4.79 Å². The predicted octanol–water partition coefficient (Wildman–Crippen LogP) is 2.19. The van der Waals surface area contributed by atoms with Gasteiger partial charge in [0.05, 0.1) is 6.20 Å². The van der Waals surface area contributed by atoms with E-state index in [0.29, 0.717) is 11.5 Å². The van der Waals surface area contributed by atoms with Crippen molar-refractivity contribution < 1.29 is 4.79 Å². The van der Waals surface area contributed by atoms with Crippen LogP contribution in [0.3, 0.4) is 0 Å². The van der Waals surface area contributed by atoms with Gasteiger partial charge in [0.15, 0.2) is 0 Å². The summed E-state index contributed by atoms with van der Waals surface area (Å²) in [6, 6.07) is 7.70. The second-order valence-corrected chi connectivity index (χ2v) is 6.65. The molecule has 0 aliphatic carbocycles. The Balaban J connectivity index is 1.48. The van der Waals surface area contributed by atoms with Crippen LogP contribution in [0.5, 0.6) is 0 Å². The van der Waals surface area contributed by atoms with Crippen LogP contribution in [0.1, 0.15) is 23.2 Å². The first-order valence-corrected chi connectivity index (χ1v) is 8.70. The molecule has 1 saturated heterocycles. The molecule has 1 aliphatic heterocycles. The maximum absolute atomic E-state index is 12.4. The Labute approximate surface area is 148 Å². The number of hydrogen-bond acceptors (Lipinski definition) is 5. The molecule has 0 spiro atoms. The van der Waals surface area contributed by atoms with E-state index in [1.807, 2.05) is 43.3 Å². The van der Waals surface area contributed by atoms with Gasteiger partial charge in [0.25, 0.3) is 5.91 Å². The Morgan fingerprint density at radius 2 is 2.08 bits per heavy atom. The lowest BCUT2D eigenvalue weighted by Crippen LogP contribution is -2.39. The van der Waals surface area contributed by atoms with Crippen molar-refractivity contribution in [1.82, 2.24) is 15.3 Å². The Bertz CT molecular complexity index is 696. The molecule has 0 bridgehead atoms. The van der Waals surface area contributed by atoms with E-state index in [-0.39, 0.29) is 5.91 Å². The van der Waals surface area contributed by atoms with Gasteiger partial charge >= 0.3 is 0 Å². The maximum Gasteiger partial charge on any atom is 0.251 e. The topological polar surface area (TPSA) is 61.4 Å². The zero-order chi connectivity index (χ0) is 17.6. The van der Waals surface area contributed by atoms with Crippen molar-refractivity contribution in [3.8, 4) is 0 Å². The third kappa shape index (κ3) is 4.47. The van der Waals surface area contributed by atoms with Gasteiger partial charge in [-0.05, 0) is 37.0 Å². The van der Waals surface area contributed by atoms with Crippen molar-refractivity contribution in [3.63, 3.8) is 0 Å². The average molecular weight is 339 g/mol. The van der Waals surface area contributed by atoms with Crippen LogP contribution in [-0.4, -0.2) is 49.6 Å². The number of aromatic nitrogens is 2. The standard InChI is InChI=1S/C19H25N5O/c1-23(2)17-5-3-4-16(12-17)19(25)22-13-15-6-10-24(11-7-15)18-14-20-8-9-21-18/h3-5,8-9,12,14-15H,6-7,10-11,13H2,1-2H3,(H,22,25). The minimum absolute atomic E-state index is 0.0000515. The molecule has 25 heavy (non-hydrogen) atoms. The van der Waals surface area contributed by atoms with E-state index in [0.717, 1.165) is 44.0 Å². The van der Waals surface area contributed by atoms with Crippen molar-refractivity contribution in [2.45, 2.75) is 12.8 Å². The largest absolute Gasteiger partial charge is 0.378 e. The second kappa shape index (κ2) is 7.96. The van der Waals surface area contributed by atoms with E-state index in [4.69, 9.17) is 0 Å². The summed E-state index contributed by atoms with van der Waals surface area (Å²) in [7, 11) is 3.95. The zero-order valence-corrected chi connectivity index (χ0v) is 14.9. The molecule has 1 aliphatic rings. The molecule has 1 aromatic heterocycles. The quantitative estimate of drug-likeness (QED) is 0.905. The van der Waals surface area contributed by atoms with Crippen LogP contribution in [0.15, 0.2) is 42.9 Å². The lowest BCUT2D eigenvalue weighted by molar-refractivity contribution is 0.0945. The summed E-state index contributed by atoms with van der Waals surface area (Å²) >= 11 is 0. The summed E-state index contributed by atoms with van der Waals surface area (Å²) in [5, 5.41) is 3.09. The molecular formula is C19H25N5O. The van der Waals surface area contributed by atoms with Crippen LogP contribution in [0.2, 0.25) is 0 Å². The molecule has 1 N–H and O–H groups in total. The van der Waals surface area contributed by atoms with E-state index in [2.05, 4.69) is 20.2 Å². The van der Waals surface area contributed by atoms with Gasteiger partial charge in [-0.2, -0.15) is 0 Å². The van der Waals surface area contributed by atoms with Crippen molar-refractivity contribution in [2.24, 2.45) is 5.92 Å². The fourth-order valence-electron chi connectivity index (χ4n) is 3.09. The lowest BCUT2D eigenvalue weighted by atomic mass is 9.96. The van der Waals surface area contributed by atoms with E-state index < -0.39 is 0 Å². The molecule has 0 unspecified atom stereocenters. The Morgan fingerprint density at radius 1 is 1.28 bits per heavy atom. The van der Waals surface area contributed by atoms with Crippen LogP contribution in [-0.2, 0) is 0 Å². The van der Waals surface area contributed by atoms with E-state index >= 15 is 0 Å². The van der Waals surface area contributed by atoms with E-state index in [1.165, 1.54) is 0 Å². The smallest absolute Gasteiger partial charge is 0.251 e. The van der Waals surface area contributed by atoms with Gasteiger partial charge < -0.3 is 15.1 Å². The molecule has 1 aromatic carbocycles. The molecule has 2 heterocycles. The first-order chi connectivity index (χ1) is 12.1. The van der Waals surface area contributed by atoms with Crippen molar-refractivity contribution in [1.29, 1.82) is 0 Å². The normalized spacial score (nSPS) is 15.0. The van der Waals surface area contributed by atoms with Crippen LogP contribution in [0.4, 0.5) is 11.5 Å². The highest BCUT2D eigenvalue weighted by molar-refractivity contribution is 5.95. The first kappa shape index (κ1) is 17.2. The number of carbonyl (C=O) groups excluding carboxylic acids is 1. The summed E-state index contributed by atoms with van der Waals surface area (Å²) in [4.78, 5) is 25.1. The average Bonchev–Trinajstić information content (AvgIpc) is 2.67. The third-order valence-electron chi connectivity index (χ3n) is 4.66. The highest BCUT2D eigenvalue weighted by Gasteiger charge is 2.21. The second-order valence-electron chi connectivity index (χ2n) is 6.65. The van der Waals surface area contributed by atoms with Gasteiger partial charge in [0.2, 0.25) is 0 Å². The molecule has 0 radical (unpaired) electrons. The van der Waals surface area contributed by atoms with Crippen molar-refractivity contribution in [2.75, 3.05) is 43.5 Å². The summed E-state index contributed by atoms with van der Waals surface area (Å²) in [6.07, 6.45) is 7.32. The number of nitrogens with zero attached hydrogens (tertiary/aromatic N) is 4. The third-order valence-corrected chi connectivity index (χ3v) is 4.66. The van der Waals surface area contributed by atoms with Crippen LogP contribution >= 0.6 is 0 Å². The Kier molecular flexibility index (Phi) is 5.48. The fourth-order valence-corrected chi connectivity index (χ4v) is 3.09. The van der Waals surface area contributed by atoms with Crippen LogP contribution < -0.4 is 15.1 Å². The minimum atomic E-state index is 0.0000515. The first-order valence-electron chi connectivity index (χ1n) is 8.70. The number of amides is 1. The molecule has 6 heteroatoms. The van der Waals surface area contributed by atoms with Gasteiger partial charge in [-0.25, -0.2) is 4.98 Å². The molecule has 2 aromatic rings. The van der Waals surface area contributed by atoms with Gasteiger partial charge in [0, 0.05) is 57.4 Å².